The number of ether oxygens (including phenoxy) is 1. The van der Waals surface area contributed by atoms with E-state index in [4.69, 9.17) is 4.74 Å². The summed E-state index contributed by atoms with van der Waals surface area (Å²) in [5.41, 5.74) is 1.27. The molecule has 14 heavy (non-hydrogen) atoms. The van der Waals surface area contributed by atoms with Crippen LogP contribution in [0.3, 0.4) is 0 Å². The quantitative estimate of drug-likeness (QED) is 0.775. The van der Waals surface area contributed by atoms with Gasteiger partial charge in [0.25, 0.3) is 0 Å². The van der Waals surface area contributed by atoms with Gasteiger partial charge in [-0.15, -0.1) is 11.3 Å². The summed E-state index contributed by atoms with van der Waals surface area (Å²) in [4.78, 5) is 2.64. The van der Waals surface area contributed by atoms with Crippen molar-refractivity contribution >= 4 is 11.3 Å². The van der Waals surface area contributed by atoms with Gasteiger partial charge in [-0.05, 0) is 31.9 Å². The van der Waals surface area contributed by atoms with Crippen molar-refractivity contribution in [2.24, 2.45) is 0 Å². The number of aliphatic hydroxyl groups is 1. The van der Waals surface area contributed by atoms with Crippen molar-refractivity contribution in [1.82, 2.24) is 0 Å². The van der Waals surface area contributed by atoms with E-state index in [0.717, 1.165) is 12.8 Å². The van der Waals surface area contributed by atoms with Gasteiger partial charge in [-0.3, -0.25) is 0 Å². The Morgan fingerprint density at radius 1 is 1.50 bits per heavy atom. The highest BCUT2D eigenvalue weighted by atomic mass is 32.1. The Balaban J connectivity index is 2.17. The second kappa shape index (κ2) is 4.01. The molecule has 1 aliphatic heterocycles. The van der Waals surface area contributed by atoms with E-state index in [9.17, 15) is 5.11 Å². The normalized spacial score (nSPS) is 27.9. The summed E-state index contributed by atoms with van der Waals surface area (Å²) in [7, 11) is 0. The maximum atomic E-state index is 9.56. The van der Waals surface area contributed by atoms with Crippen LogP contribution in [-0.2, 0) is 4.74 Å². The molecule has 0 aliphatic carbocycles. The predicted molar refractivity (Wildman–Crippen MR) is 57.7 cm³/mol. The molecule has 3 heteroatoms. The molecule has 0 radical (unpaired) electrons. The van der Waals surface area contributed by atoms with E-state index >= 15 is 0 Å². The number of hydrogen-bond acceptors (Lipinski definition) is 3. The molecule has 1 N–H and O–H groups in total. The van der Waals surface area contributed by atoms with Gasteiger partial charge < -0.3 is 9.84 Å². The summed E-state index contributed by atoms with van der Waals surface area (Å²) in [5.74, 6) is 0. The maximum Gasteiger partial charge on any atom is 0.0860 e. The minimum absolute atomic E-state index is 0.115. The summed E-state index contributed by atoms with van der Waals surface area (Å²) in [6, 6.07) is 2.18. The lowest BCUT2D eigenvalue weighted by Crippen LogP contribution is -2.23. The van der Waals surface area contributed by atoms with E-state index in [0.29, 0.717) is 6.61 Å². The lowest BCUT2D eigenvalue weighted by molar-refractivity contribution is -0.0448. The molecule has 1 saturated heterocycles. The molecule has 1 aliphatic rings. The number of thiophene rings is 1. The molecule has 2 atom stereocenters. The topological polar surface area (TPSA) is 29.5 Å². The molecular weight excluding hydrogens is 196 g/mol. The average molecular weight is 212 g/mol. The first-order chi connectivity index (χ1) is 6.66. The highest BCUT2D eigenvalue weighted by Gasteiger charge is 2.24. The van der Waals surface area contributed by atoms with Crippen LogP contribution in [0.4, 0.5) is 0 Å². The van der Waals surface area contributed by atoms with Crippen molar-refractivity contribution < 1.29 is 9.84 Å². The van der Waals surface area contributed by atoms with Crippen molar-refractivity contribution in [3.05, 3.63) is 21.4 Å². The first-order valence-electron chi connectivity index (χ1n) is 5.03. The van der Waals surface area contributed by atoms with Crippen molar-refractivity contribution in [3.63, 3.8) is 0 Å². The van der Waals surface area contributed by atoms with Crippen LogP contribution >= 0.6 is 11.3 Å². The van der Waals surface area contributed by atoms with Gasteiger partial charge in [0, 0.05) is 22.8 Å². The van der Waals surface area contributed by atoms with E-state index in [1.165, 1.54) is 15.3 Å². The van der Waals surface area contributed by atoms with Crippen molar-refractivity contribution in [3.8, 4) is 0 Å². The maximum absolute atomic E-state index is 9.56. The number of hydrogen-bond donors (Lipinski definition) is 1. The Kier molecular flexibility index (Phi) is 2.91. The number of rotatable bonds is 1. The Morgan fingerprint density at radius 2 is 2.29 bits per heavy atom. The molecule has 2 heterocycles. The molecule has 78 valence electrons. The van der Waals surface area contributed by atoms with E-state index in [2.05, 4.69) is 19.9 Å². The van der Waals surface area contributed by atoms with Crippen molar-refractivity contribution in [2.45, 2.75) is 38.9 Å². The van der Waals surface area contributed by atoms with Crippen LogP contribution in [0.5, 0.6) is 0 Å². The van der Waals surface area contributed by atoms with Crippen LogP contribution in [0, 0.1) is 13.8 Å². The van der Waals surface area contributed by atoms with Crippen LogP contribution in [0.1, 0.15) is 34.3 Å². The molecule has 0 bridgehead atoms. The zero-order valence-electron chi connectivity index (χ0n) is 8.62. The molecule has 0 aromatic carbocycles. The molecule has 2 rings (SSSR count). The van der Waals surface area contributed by atoms with Gasteiger partial charge in [0.15, 0.2) is 0 Å². The largest absolute Gasteiger partial charge is 0.393 e. The van der Waals surface area contributed by atoms with Crippen molar-refractivity contribution in [1.29, 1.82) is 0 Å². The minimum Gasteiger partial charge on any atom is -0.393 e. The van der Waals surface area contributed by atoms with E-state index in [1.54, 1.807) is 11.3 Å². The van der Waals surface area contributed by atoms with E-state index in [-0.39, 0.29) is 12.2 Å². The molecule has 0 saturated carbocycles. The Labute approximate surface area is 88.5 Å². The molecular formula is C11H16O2S. The summed E-state index contributed by atoms with van der Waals surface area (Å²) >= 11 is 1.80. The summed E-state index contributed by atoms with van der Waals surface area (Å²) < 4.78 is 5.68. The Bertz CT molecular complexity index is 319. The third-order valence-corrected chi connectivity index (χ3v) is 3.66. The van der Waals surface area contributed by atoms with Gasteiger partial charge in [-0.1, -0.05) is 0 Å². The van der Waals surface area contributed by atoms with E-state index in [1.807, 2.05) is 0 Å². The fourth-order valence-electron chi connectivity index (χ4n) is 1.97. The van der Waals surface area contributed by atoms with Gasteiger partial charge in [0.2, 0.25) is 0 Å². The first-order valence-corrected chi connectivity index (χ1v) is 5.85. The van der Waals surface area contributed by atoms with Crippen LogP contribution < -0.4 is 0 Å². The highest BCUT2D eigenvalue weighted by molar-refractivity contribution is 7.12. The Morgan fingerprint density at radius 3 is 2.86 bits per heavy atom. The number of aryl methyl sites for hydroxylation is 2. The second-order valence-corrected chi connectivity index (χ2v) is 5.37. The SMILES string of the molecule is Cc1cc(C2CC(O)CCO2)c(C)s1. The highest BCUT2D eigenvalue weighted by Crippen LogP contribution is 2.34. The average Bonchev–Trinajstić information content (AvgIpc) is 2.45. The molecule has 2 nitrogen and oxygen atoms in total. The van der Waals surface area contributed by atoms with Crippen molar-refractivity contribution in [2.75, 3.05) is 6.61 Å². The molecule has 1 aromatic heterocycles. The monoisotopic (exact) mass is 212 g/mol. The minimum atomic E-state index is -0.187. The van der Waals surface area contributed by atoms with Crippen LogP contribution in [0.25, 0.3) is 0 Å². The van der Waals surface area contributed by atoms with Crippen LogP contribution in [0.2, 0.25) is 0 Å². The zero-order chi connectivity index (χ0) is 10.1. The Hall–Kier alpha value is -0.380. The van der Waals surface area contributed by atoms with Gasteiger partial charge in [-0.2, -0.15) is 0 Å². The summed E-state index contributed by atoms with van der Waals surface area (Å²) in [6.07, 6.45) is 1.45. The zero-order valence-corrected chi connectivity index (χ0v) is 9.43. The molecule has 2 unspecified atom stereocenters. The fraction of sp³-hybridized carbons (Fsp3) is 0.636. The van der Waals surface area contributed by atoms with Crippen LogP contribution in [-0.4, -0.2) is 17.8 Å². The predicted octanol–water partition coefficient (Wildman–Crippen LogP) is 2.58. The third-order valence-electron chi connectivity index (χ3n) is 2.68. The van der Waals surface area contributed by atoms with Gasteiger partial charge in [-0.25, -0.2) is 0 Å². The molecule has 1 aromatic rings. The summed E-state index contributed by atoms with van der Waals surface area (Å²) in [6.45, 7) is 4.91. The lowest BCUT2D eigenvalue weighted by Gasteiger charge is -2.26. The second-order valence-electron chi connectivity index (χ2n) is 3.91. The number of aliphatic hydroxyl groups excluding tert-OH is 1. The smallest absolute Gasteiger partial charge is 0.0860 e. The fourth-order valence-corrected chi connectivity index (χ4v) is 2.94. The standard InChI is InChI=1S/C11H16O2S/c1-7-5-10(8(2)14-7)11-6-9(12)3-4-13-11/h5,9,11-12H,3-4,6H2,1-2H3. The molecule has 1 fully saturated rings. The first kappa shape index (κ1) is 10.1. The third kappa shape index (κ3) is 2.00. The molecule has 0 amide bonds. The van der Waals surface area contributed by atoms with Gasteiger partial charge in [0.1, 0.15) is 0 Å². The van der Waals surface area contributed by atoms with Gasteiger partial charge in [0.05, 0.1) is 12.2 Å². The van der Waals surface area contributed by atoms with Crippen LogP contribution in [0.15, 0.2) is 6.07 Å². The molecule has 0 spiro atoms. The van der Waals surface area contributed by atoms with Gasteiger partial charge >= 0.3 is 0 Å². The summed E-state index contributed by atoms with van der Waals surface area (Å²) in [5, 5.41) is 9.56. The lowest BCUT2D eigenvalue weighted by atomic mass is 10.00. The van der Waals surface area contributed by atoms with E-state index < -0.39 is 0 Å².